The quantitative estimate of drug-likeness (QED) is 0.870. The number of hydrogen-bond acceptors (Lipinski definition) is 2. The van der Waals surface area contributed by atoms with Gasteiger partial charge >= 0.3 is 0 Å². The molecule has 1 fully saturated rings. The molecule has 1 aromatic carbocycles. The van der Waals surface area contributed by atoms with Crippen LogP contribution >= 0.6 is 0 Å². The van der Waals surface area contributed by atoms with Crippen LogP contribution in [0, 0.1) is 12.3 Å². The molecule has 1 aromatic rings. The van der Waals surface area contributed by atoms with Crippen molar-refractivity contribution in [1.82, 2.24) is 10.6 Å². The van der Waals surface area contributed by atoms with Crippen LogP contribution in [0.1, 0.15) is 30.9 Å². The molecule has 19 heavy (non-hydrogen) atoms. The molecule has 3 heteroatoms. The SMILES string of the molecule is Cc1ccc(CC(=O)NCC2(C)CCCNC2)cc1. The van der Waals surface area contributed by atoms with E-state index in [2.05, 4.69) is 36.6 Å². The van der Waals surface area contributed by atoms with E-state index in [1.54, 1.807) is 0 Å². The summed E-state index contributed by atoms with van der Waals surface area (Å²) in [5, 5.41) is 6.48. The smallest absolute Gasteiger partial charge is 0.224 e. The summed E-state index contributed by atoms with van der Waals surface area (Å²) in [6.45, 7) is 7.17. The first kappa shape index (κ1) is 14.1. The molecule has 1 aliphatic heterocycles. The van der Waals surface area contributed by atoms with Crippen LogP contribution in [-0.4, -0.2) is 25.5 Å². The highest BCUT2D eigenvalue weighted by molar-refractivity contribution is 5.78. The molecule has 0 saturated carbocycles. The number of carbonyl (C=O) groups excluding carboxylic acids is 1. The molecule has 1 aliphatic rings. The highest BCUT2D eigenvalue weighted by Gasteiger charge is 2.26. The third-order valence-electron chi connectivity index (χ3n) is 3.88. The van der Waals surface area contributed by atoms with Gasteiger partial charge in [0, 0.05) is 13.1 Å². The lowest BCUT2D eigenvalue weighted by molar-refractivity contribution is -0.121. The molecule has 3 nitrogen and oxygen atoms in total. The van der Waals surface area contributed by atoms with Crippen LogP contribution in [0.3, 0.4) is 0 Å². The van der Waals surface area contributed by atoms with Gasteiger partial charge in [-0.25, -0.2) is 0 Å². The average Bonchev–Trinajstić information content (AvgIpc) is 2.40. The zero-order chi connectivity index (χ0) is 13.7. The summed E-state index contributed by atoms with van der Waals surface area (Å²) in [6.07, 6.45) is 2.86. The number of rotatable bonds is 4. The number of carbonyl (C=O) groups is 1. The number of benzene rings is 1. The Labute approximate surface area is 115 Å². The summed E-state index contributed by atoms with van der Waals surface area (Å²) >= 11 is 0. The van der Waals surface area contributed by atoms with Gasteiger partial charge < -0.3 is 10.6 Å². The molecule has 2 rings (SSSR count). The Bertz CT molecular complexity index is 419. The Kier molecular flexibility index (Phi) is 4.59. The van der Waals surface area contributed by atoms with E-state index in [-0.39, 0.29) is 11.3 Å². The predicted molar refractivity (Wildman–Crippen MR) is 78.1 cm³/mol. The first-order valence-corrected chi connectivity index (χ1v) is 7.10. The van der Waals surface area contributed by atoms with Gasteiger partial charge in [0.25, 0.3) is 0 Å². The Balaban J connectivity index is 1.79. The molecule has 1 saturated heterocycles. The summed E-state index contributed by atoms with van der Waals surface area (Å²) < 4.78 is 0. The second kappa shape index (κ2) is 6.20. The summed E-state index contributed by atoms with van der Waals surface area (Å²) in [5.74, 6) is 0.121. The van der Waals surface area contributed by atoms with Gasteiger partial charge in [-0.2, -0.15) is 0 Å². The Morgan fingerprint density at radius 3 is 2.74 bits per heavy atom. The molecule has 104 valence electrons. The lowest BCUT2D eigenvalue weighted by Gasteiger charge is -2.34. The first-order chi connectivity index (χ1) is 9.07. The van der Waals surface area contributed by atoms with Crippen molar-refractivity contribution in [3.63, 3.8) is 0 Å². The van der Waals surface area contributed by atoms with Crippen molar-refractivity contribution in [3.8, 4) is 0 Å². The standard InChI is InChI=1S/C16H24N2O/c1-13-4-6-14(7-5-13)10-15(19)18-12-16(2)8-3-9-17-11-16/h4-7,17H,3,8-12H2,1-2H3,(H,18,19). The normalized spacial score (nSPS) is 23.1. The molecule has 1 heterocycles. The van der Waals surface area contributed by atoms with Crippen molar-refractivity contribution in [3.05, 3.63) is 35.4 Å². The van der Waals surface area contributed by atoms with Crippen LogP contribution < -0.4 is 10.6 Å². The zero-order valence-electron chi connectivity index (χ0n) is 12.0. The van der Waals surface area contributed by atoms with E-state index in [9.17, 15) is 4.79 Å². The van der Waals surface area contributed by atoms with Crippen molar-refractivity contribution in [2.24, 2.45) is 5.41 Å². The van der Waals surface area contributed by atoms with Crippen LogP contribution in [0.15, 0.2) is 24.3 Å². The molecule has 2 N–H and O–H groups in total. The Morgan fingerprint density at radius 1 is 1.37 bits per heavy atom. The number of aryl methyl sites for hydroxylation is 1. The maximum absolute atomic E-state index is 12.0. The fraction of sp³-hybridized carbons (Fsp3) is 0.562. The molecular formula is C16H24N2O. The lowest BCUT2D eigenvalue weighted by atomic mass is 9.83. The van der Waals surface area contributed by atoms with Crippen LogP contribution in [0.2, 0.25) is 0 Å². The Morgan fingerprint density at radius 2 is 2.11 bits per heavy atom. The fourth-order valence-electron chi connectivity index (χ4n) is 2.54. The minimum atomic E-state index is 0.121. The molecule has 0 bridgehead atoms. The topological polar surface area (TPSA) is 41.1 Å². The summed E-state index contributed by atoms with van der Waals surface area (Å²) in [5.41, 5.74) is 2.52. The lowest BCUT2D eigenvalue weighted by Crippen LogP contribution is -2.45. The van der Waals surface area contributed by atoms with Crippen LogP contribution in [-0.2, 0) is 11.2 Å². The maximum atomic E-state index is 12.0. The fourth-order valence-corrected chi connectivity index (χ4v) is 2.54. The van der Waals surface area contributed by atoms with Gasteiger partial charge in [-0.15, -0.1) is 0 Å². The van der Waals surface area contributed by atoms with Crippen molar-refractivity contribution < 1.29 is 4.79 Å². The van der Waals surface area contributed by atoms with Gasteiger partial charge in [0.05, 0.1) is 6.42 Å². The molecule has 0 spiro atoms. The third-order valence-corrected chi connectivity index (χ3v) is 3.88. The predicted octanol–water partition coefficient (Wildman–Crippen LogP) is 2.04. The van der Waals surface area contributed by atoms with E-state index in [4.69, 9.17) is 0 Å². The number of nitrogens with one attached hydrogen (secondary N) is 2. The minimum Gasteiger partial charge on any atom is -0.355 e. The summed E-state index contributed by atoms with van der Waals surface area (Å²) in [6, 6.07) is 8.15. The van der Waals surface area contributed by atoms with E-state index >= 15 is 0 Å². The van der Waals surface area contributed by atoms with Crippen LogP contribution in [0.25, 0.3) is 0 Å². The van der Waals surface area contributed by atoms with Crippen molar-refractivity contribution >= 4 is 5.91 Å². The largest absolute Gasteiger partial charge is 0.355 e. The summed E-state index contributed by atoms with van der Waals surface area (Å²) in [7, 11) is 0. The van der Waals surface area contributed by atoms with Crippen LogP contribution in [0.5, 0.6) is 0 Å². The van der Waals surface area contributed by atoms with Crippen molar-refractivity contribution in [2.75, 3.05) is 19.6 Å². The highest BCUT2D eigenvalue weighted by Crippen LogP contribution is 2.24. The second-order valence-corrected chi connectivity index (χ2v) is 6.03. The Hall–Kier alpha value is -1.35. The van der Waals surface area contributed by atoms with Crippen molar-refractivity contribution in [2.45, 2.75) is 33.1 Å². The third kappa shape index (κ3) is 4.35. The molecule has 0 aromatic heterocycles. The molecular weight excluding hydrogens is 236 g/mol. The number of hydrogen-bond donors (Lipinski definition) is 2. The molecule has 1 unspecified atom stereocenters. The minimum absolute atomic E-state index is 0.121. The molecule has 0 aliphatic carbocycles. The first-order valence-electron chi connectivity index (χ1n) is 7.10. The second-order valence-electron chi connectivity index (χ2n) is 6.03. The van der Waals surface area contributed by atoms with Gasteiger partial charge in [0.1, 0.15) is 0 Å². The monoisotopic (exact) mass is 260 g/mol. The molecule has 0 radical (unpaired) electrons. The van der Waals surface area contributed by atoms with Crippen LogP contribution in [0.4, 0.5) is 0 Å². The van der Waals surface area contributed by atoms with Gasteiger partial charge in [-0.3, -0.25) is 4.79 Å². The number of piperidine rings is 1. The summed E-state index contributed by atoms with van der Waals surface area (Å²) in [4.78, 5) is 12.0. The van der Waals surface area contributed by atoms with Gasteiger partial charge in [0.15, 0.2) is 0 Å². The van der Waals surface area contributed by atoms with E-state index in [1.165, 1.54) is 18.4 Å². The average molecular weight is 260 g/mol. The van der Waals surface area contributed by atoms with Gasteiger partial charge in [-0.05, 0) is 37.3 Å². The number of amides is 1. The zero-order valence-corrected chi connectivity index (χ0v) is 12.0. The van der Waals surface area contributed by atoms with E-state index in [0.717, 1.165) is 25.2 Å². The maximum Gasteiger partial charge on any atom is 0.224 e. The van der Waals surface area contributed by atoms with E-state index < -0.39 is 0 Å². The van der Waals surface area contributed by atoms with Gasteiger partial charge in [-0.1, -0.05) is 36.8 Å². The highest BCUT2D eigenvalue weighted by atomic mass is 16.1. The van der Waals surface area contributed by atoms with Crippen molar-refractivity contribution in [1.29, 1.82) is 0 Å². The van der Waals surface area contributed by atoms with Gasteiger partial charge in [0.2, 0.25) is 5.91 Å². The molecule has 1 atom stereocenters. The molecule has 1 amide bonds. The van der Waals surface area contributed by atoms with E-state index in [0.29, 0.717) is 6.42 Å². The van der Waals surface area contributed by atoms with E-state index in [1.807, 2.05) is 12.1 Å².